The Labute approximate surface area is 122 Å². The van der Waals surface area contributed by atoms with E-state index >= 15 is 0 Å². The third kappa shape index (κ3) is 4.52. The molecule has 0 saturated carbocycles. The minimum atomic E-state index is -0.267. The molecule has 0 fully saturated rings. The average molecular weight is 290 g/mol. The number of nitrogens with one attached hydrogen (secondary N) is 1. The summed E-state index contributed by atoms with van der Waals surface area (Å²) in [5, 5.41) is 2.70. The molecule has 0 aliphatic carbocycles. The first-order valence-corrected chi connectivity index (χ1v) is 6.75. The Morgan fingerprint density at radius 1 is 1.19 bits per heavy atom. The van der Waals surface area contributed by atoms with Gasteiger partial charge in [0.1, 0.15) is 5.76 Å². The van der Waals surface area contributed by atoms with E-state index in [-0.39, 0.29) is 17.6 Å². The Bertz CT molecular complexity index is 561. The molecule has 0 aliphatic heterocycles. The number of hydrogen-bond acceptors (Lipinski definition) is 4. The number of rotatable bonds is 7. The van der Waals surface area contributed by atoms with Gasteiger partial charge in [0.15, 0.2) is 5.76 Å². The van der Waals surface area contributed by atoms with Crippen molar-refractivity contribution in [3.05, 3.63) is 48.3 Å². The molecule has 2 aromatic heterocycles. The lowest BCUT2D eigenvalue weighted by Crippen LogP contribution is -2.28. The second-order valence-electron chi connectivity index (χ2n) is 4.67. The molecule has 0 unspecified atom stereocenters. The Hall–Kier alpha value is -2.50. The molecular formula is C15H18N2O4. The SMILES string of the molecule is CN(Cc1ccco1)C(=O)CCCNC(=O)c1ccco1. The van der Waals surface area contributed by atoms with Crippen LogP contribution in [0.3, 0.4) is 0 Å². The van der Waals surface area contributed by atoms with E-state index in [4.69, 9.17) is 8.83 Å². The highest BCUT2D eigenvalue weighted by Crippen LogP contribution is 2.06. The summed E-state index contributed by atoms with van der Waals surface area (Å²) in [6.45, 7) is 0.879. The van der Waals surface area contributed by atoms with Crippen molar-refractivity contribution in [2.24, 2.45) is 0 Å². The molecule has 2 aromatic rings. The molecule has 0 saturated heterocycles. The van der Waals surface area contributed by atoms with Gasteiger partial charge < -0.3 is 19.1 Å². The molecule has 6 nitrogen and oxygen atoms in total. The maximum atomic E-state index is 11.9. The predicted octanol–water partition coefficient (Wildman–Crippen LogP) is 2.04. The Balaban J connectivity index is 1.64. The smallest absolute Gasteiger partial charge is 0.286 e. The van der Waals surface area contributed by atoms with Crippen molar-refractivity contribution in [3.8, 4) is 0 Å². The molecule has 21 heavy (non-hydrogen) atoms. The van der Waals surface area contributed by atoms with Crippen LogP contribution < -0.4 is 5.32 Å². The van der Waals surface area contributed by atoms with Crippen molar-refractivity contribution in [2.75, 3.05) is 13.6 Å². The molecule has 0 aliphatic rings. The van der Waals surface area contributed by atoms with E-state index in [1.54, 1.807) is 36.4 Å². The lowest BCUT2D eigenvalue weighted by atomic mass is 10.2. The maximum Gasteiger partial charge on any atom is 0.286 e. The summed E-state index contributed by atoms with van der Waals surface area (Å²) in [6, 6.07) is 6.87. The average Bonchev–Trinajstić information content (AvgIpc) is 3.15. The summed E-state index contributed by atoms with van der Waals surface area (Å²) in [5.41, 5.74) is 0. The van der Waals surface area contributed by atoms with Crippen LogP contribution in [0.4, 0.5) is 0 Å². The number of nitrogens with zero attached hydrogens (tertiary/aromatic N) is 1. The van der Waals surface area contributed by atoms with Crippen LogP contribution >= 0.6 is 0 Å². The van der Waals surface area contributed by atoms with Crippen LogP contribution in [0.15, 0.2) is 45.6 Å². The number of carbonyl (C=O) groups is 2. The molecule has 0 atom stereocenters. The molecule has 2 heterocycles. The monoisotopic (exact) mass is 290 g/mol. The highest BCUT2D eigenvalue weighted by molar-refractivity contribution is 5.91. The van der Waals surface area contributed by atoms with Crippen LogP contribution in [0.5, 0.6) is 0 Å². The number of carbonyl (C=O) groups excluding carboxylic acids is 2. The van der Waals surface area contributed by atoms with E-state index in [1.165, 1.54) is 6.26 Å². The molecule has 2 amide bonds. The maximum absolute atomic E-state index is 11.9. The predicted molar refractivity (Wildman–Crippen MR) is 75.5 cm³/mol. The summed E-state index contributed by atoms with van der Waals surface area (Å²) >= 11 is 0. The number of hydrogen-bond donors (Lipinski definition) is 1. The first-order chi connectivity index (χ1) is 10.2. The fourth-order valence-electron chi connectivity index (χ4n) is 1.85. The van der Waals surface area contributed by atoms with Gasteiger partial charge >= 0.3 is 0 Å². The van der Waals surface area contributed by atoms with Crippen LogP contribution in [-0.4, -0.2) is 30.3 Å². The molecule has 0 radical (unpaired) electrons. The molecule has 0 spiro atoms. The van der Waals surface area contributed by atoms with Gasteiger partial charge in [-0.1, -0.05) is 0 Å². The van der Waals surface area contributed by atoms with Gasteiger partial charge in [-0.3, -0.25) is 9.59 Å². The Kier molecular flexibility index (Phi) is 5.20. The van der Waals surface area contributed by atoms with Crippen molar-refractivity contribution < 1.29 is 18.4 Å². The third-order valence-corrected chi connectivity index (χ3v) is 3.00. The van der Waals surface area contributed by atoms with E-state index in [0.29, 0.717) is 25.9 Å². The van der Waals surface area contributed by atoms with Crippen molar-refractivity contribution >= 4 is 11.8 Å². The normalized spacial score (nSPS) is 10.3. The first kappa shape index (κ1) is 14.9. The van der Waals surface area contributed by atoms with Gasteiger partial charge in [0.25, 0.3) is 5.91 Å². The quantitative estimate of drug-likeness (QED) is 0.792. The van der Waals surface area contributed by atoms with Gasteiger partial charge in [0.05, 0.1) is 19.1 Å². The highest BCUT2D eigenvalue weighted by Gasteiger charge is 2.11. The van der Waals surface area contributed by atoms with E-state index in [2.05, 4.69) is 5.32 Å². The first-order valence-electron chi connectivity index (χ1n) is 6.75. The number of amides is 2. The third-order valence-electron chi connectivity index (χ3n) is 3.00. The van der Waals surface area contributed by atoms with Crippen LogP contribution in [0.2, 0.25) is 0 Å². The van der Waals surface area contributed by atoms with Gasteiger partial charge in [-0.2, -0.15) is 0 Å². The van der Waals surface area contributed by atoms with Gasteiger partial charge in [0.2, 0.25) is 5.91 Å². The summed E-state index contributed by atoms with van der Waals surface area (Å²) in [4.78, 5) is 25.1. The summed E-state index contributed by atoms with van der Waals surface area (Å²) in [7, 11) is 1.73. The fraction of sp³-hybridized carbons (Fsp3) is 0.333. The molecule has 2 rings (SSSR count). The van der Waals surface area contributed by atoms with E-state index in [9.17, 15) is 9.59 Å². The minimum Gasteiger partial charge on any atom is -0.467 e. The molecule has 6 heteroatoms. The van der Waals surface area contributed by atoms with E-state index in [1.807, 2.05) is 6.07 Å². The Morgan fingerprint density at radius 3 is 2.62 bits per heavy atom. The fourth-order valence-corrected chi connectivity index (χ4v) is 1.85. The second-order valence-corrected chi connectivity index (χ2v) is 4.67. The summed E-state index contributed by atoms with van der Waals surface area (Å²) < 4.78 is 10.2. The molecule has 1 N–H and O–H groups in total. The molecule has 112 valence electrons. The standard InChI is InChI=1S/C15H18N2O4/c1-17(11-12-5-3-9-20-12)14(18)7-2-8-16-15(19)13-6-4-10-21-13/h3-6,9-10H,2,7-8,11H2,1H3,(H,16,19). The van der Waals surface area contributed by atoms with Crippen LogP contribution in [0.1, 0.15) is 29.2 Å². The van der Waals surface area contributed by atoms with Crippen molar-refractivity contribution in [1.82, 2.24) is 10.2 Å². The van der Waals surface area contributed by atoms with Gasteiger partial charge in [-0.05, 0) is 30.7 Å². The van der Waals surface area contributed by atoms with Gasteiger partial charge in [0, 0.05) is 20.0 Å². The van der Waals surface area contributed by atoms with Crippen molar-refractivity contribution in [3.63, 3.8) is 0 Å². The second kappa shape index (κ2) is 7.33. The van der Waals surface area contributed by atoms with E-state index in [0.717, 1.165) is 5.76 Å². The molecular weight excluding hydrogens is 272 g/mol. The Morgan fingerprint density at radius 2 is 1.95 bits per heavy atom. The lowest BCUT2D eigenvalue weighted by molar-refractivity contribution is -0.130. The van der Waals surface area contributed by atoms with E-state index < -0.39 is 0 Å². The van der Waals surface area contributed by atoms with Gasteiger partial charge in [-0.15, -0.1) is 0 Å². The van der Waals surface area contributed by atoms with Crippen molar-refractivity contribution in [2.45, 2.75) is 19.4 Å². The topological polar surface area (TPSA) is 75.7 Å². The largest absolute Gasteiger partial charge is 0.467 e. The van der Waals surface area contributed by atoms with Crippen LogP contribution in [0, 0.1) is 0 Å². The van der Waals surface area contributed by atoms with Crippen LogP contribution in [0.25, 0.3) is 0 Å². The highest BCUT2D eigenvalue weighted by atomic mass is 16.3. The summed E-state index contributed by atoms with van der Waals surface area (Å²) in [5.74, 6) is 0.767. The lowest BCUT2D eigenvalue weighted by Gasteiger charge is -2.15. The molecule has 0 aromatic carbocycles. The number of furan rings is 2. The zero-order valence-corrected chi connectivity index (χ0v) is 11.9. The van der Waals surface area contributed by atoms with Crippen molar-refractivity contribution in [1.29, 1.82) is 0 Å². The molecule has 0 bridgehead atoms. The zero-order valence-electron chi connectivity index (χ0n) is 11.9. The zero-order chi connectivity index (χ0) is 15.1. The van der Waals surface area contributed by atoms with Crippen LogP contribution in [-0.2, 0) is 11.3 Å². The summed E-state index contributed by atoms with van der Waals surface area (Å²) in [6.07, 6.45) is 3.98. The minimum absolute atomic E-state index is 0.0126. The van der Waals surface area contributed by atoms with Gasteiger partial charge in [-0.25, -0.2) is 0 Å².